The third-order valence-corrected chi connectivity index (χ3v) is 5.20. The lowest BCUT2D eigenvalue weighted by Crippen LogP contribution is -2.49. The lowest BCUT2D eigenvalue weighted by atomic mass is 10.1. The number of alkyl halides is 2. The first kappa shape index (κ1) is 15.3. The van der Waals surface area contributed by atoms with E-state index in [1.165, 1.54) is 0 Å². The van der Waals surface area contributed by atoms with Crippen molar-refractivity contribution in [2.24, 2.45) is 0 Å². The van der Waals surface area contributed by atoms with Crippen LogP contribution in [0.15, 0.2) is 18.2 Å². The summed E-state index contributed by atoms with van der Waals surface area (Å²) in [6.07, 6.45) is 0. The molecular weight excluding hydrogens is 393 g/mol. The van der Waals surface area contributed by atoms with Crippen LogP contribution in [0.3, 0.4) is 0 Å². The molecule has 2 nitrogen and oxygen atoms in total. The van der Waals surface area contributed by atoms with Crippen molar-refractivity contribution in [1.82, 2.24) is 5.32 Å². The van der Waals surface area contributed by atoms with E-state index in [2.05, 4.69) is 37.2 Å². The van der Waals surface area contributed by atoms with Crippen molar-refractivity contribution in [1.29, 1.82) is 0 Å². The zero-order valence-electron chi connectivity index (χ0n) is 9.07. The van der Waals surface area contributed by atoms with Crippen LogP contribution in [0.25, 0.3) is 0 Å². The number of benzene rings is 1. The molecule has 1 amide bonds. The molecule has 17 heavy (non-hydrogen) atoms. The van der Waals surface area contributed by atoms with E-state index < -0.39 is 0 Å². The van der Waals surface area contributed by atoms with E-state index >= 15 is 0 Å². The molecule has 0 fully saturated rings. The van der Waals surface area contributed by atoms with Gasteiger partial charge in [0.1, 0.15) is 0 Å². The van der Waals surface area contributed by atoms with E-state index in [0.717, 1.165) is 0 Å². The summed E-state index contributed by atoms with van der Waals surface area (Å²) < 4.78 is 0. The van der Waals surface area contributed by atoms with Crippen LogP contribution in [0.1, 0.15) is 17.3 Å². The summed E-state index contributed by atoms with van der Waals surface area (Å²) in [7, 11) is 0. The Morgan fingerprint density at radius 2 is 1.94 bits per heavy atom. The molecule has 1 aromatic rings. The SMILES string of the molecule is CC(CBr)(CBr)NC(=O)c1ccc(Cl)cc1Cl. The number of carbonyl (C=O) groups is 1. The Morgan fingerprint density at radius 3 is 2.41 bits per heavy atom. The largest absolute Gasteiger partial charge is 0.345 e. The number of nitrogens with one attached hydrogen (secondary N) is 1. The van der Waals surface area contributed by atoms with Gasteiger partial charge in [0, 0.05) is 15.7 Å². The van der Waals surface area contributed by atoms with Gasteiger partial charge in [-0.1, -0.05) is 55.1 Å². The van der Waals surface area contributed by atoms with Gasteiger partial charge in [0.25, 0.3) is 5.91 Å². The van der Waals surface area contributed by atoms with Crippen LogP contribution in [0.4, 0.5) is 0 Å². The van der Waals surface area contributed by atoms with E-state index in [9.17, 15) is 4.79 Å². The average molecular weight is 404 g/mol. The lowest BCUT2D eigenvalue weighted by Gasteiger charge is -2.26. The van der Waals surface area contributed by atoms with Gasteiger partial charge in [-0.25, -0.2) is 0 Å². The van der Waals surface area contributed by atoms with Crippen LogP contribution < -0.4 is 5.32 Å². The van der Waals surface area contributed by atoms with E-state index in [1.54, 1.807) is 18.2 Å². The van der Waals surface area contributed by atoms with E-state index in [1.807, 2.05) is 6.92 Å². The Bertz CT molecular complexity index is 422. The second kappa shape index (κ2) is 6.41. The van der Waals surface area contributed by atoms with Gasteiger partial charge in [0.15, 0.2) is 0 Å². The summed E-state index contributed by atoms with van der Waals surface area (Å²) >= 11 is 18.5. The zero-order valence-corrected chi connectivity index (χ0v) is 13.8. The highest BCUT2D eigenvalue weighted by atomic mass is 79.9. The second-order valence-electron chi connectivity index (χ2n) is 3.91. The fourth-order valence-electron chi connectivity index (χ4n) is 1.12. The average Bonchev–Trinajstić information content (AvgIpc) is 2.28. The van der Waals surface area contributed by atoms with E-state index in [-0.39, 0.29) is 11.4 Å². The topological polar surface area (TPSA) is 29.1 Å². The van der Waals surface area contributed by atoms with Crippen molar-refractivity contribution >= 4 is 61.0 Å². The molecule has 0 heterocycles. The summed E-state index contributed by atoms with van der Waals surface area (Å²) in [5.41, 5.74) is 0.0595. The maximum absolute atomic E-state index is 12.0. The Morgan fingerprint density at radius 1 is 1.35 bits per heavy atom. The summed E-state index contributed by atoms with van der Waals surface area (Å²) in [6, 6.07) is 4.81. The van der Waals surface area contributed by atoms with Crippen molar-refractivity contribution in [2.45, 2.75) is 12.5 Å². The molecule has 0 saturated heterocycles. The minimum Gasteiger partial charge on any atom is -0.345 e. The number of carbonyl (C=O) groups excluding carboxylic acids is 1. The Kier molecular flexibility index (Phi) is 5.77. The zero-order chi connectivity index (χ0) is 13.1. The van der Waals surface area contributed by atoms with Crippen molar-refractivity contribution in [3.05, 3.63) is 33.8 Å². The molecule has 0 radical (unpaired) electrons. The minimum atomic E-state index is -0.361. The monoisotopic (exact) mass is 401 g/mol. The highest BCUT2D eigenvalue weighted by molar-refractivity contribution is 9.09. The third kappa shape index (κ3) is 4.12. The van der Waals surface area contributed by atoms with Gasteiger partial charge >= 0.3 is 0 Å². The quantitative estimate of drug-likeness (QED) is 0.747. The van der Waals surface area contributed by atoms with Crippen molar-refractivity contribution in [2.75, 3.05) is 10.7 Å². The molecule has 0 atom stereocenters. The van der Waals surface area contributed by atoms with Gasteiger partial charge in [0.2, 0.25) is 0 Å². The van der Waals surface area contributed by atoms with Crippen molar-refractivity contribution in [3.63, 3.8) is 0 Å². The number of rotatable bonds is 4. The molecule has 1 aromatic carbocycles. The summed E-state index contributed by atoms with van der Waals surface area (Å²) in [4.78, 5) is 12.0. The van der Waals surface area contributed by atoms with Gasteiger partial charge in [-0.2, -0.15) is 0 Å². The van der Waals surface area contributed by atoms with Crippen molar-refractivity contribution < 1.29 is 4.79 Å². The van der Waals surface area contributed by atoms with Crippen LogP contribution >= 0.6 is 55.1 Å². The number of halogens is 4. The molecule has 6 heteroatoms. The first-order chi connectivity index (χ1) is 7.91. The van der Waals surface area contributed by atoms with Crippen LogP contribution in [-0.4, -0.2) is 22.1 Å². The molecule has 0 aliphatic rings. The molecule has 94 valence electrons. The Labute approximate surface area is 127 Å². The second-order valence-corrected chi connectivity index (χ2v) is 5.87. The predicted molar refractivity (Wildman–Crippen MR) is 79.9 cm³/mol. The lowest BCUT2D eigenvalue weighted by molar-refractivity contribution is 0.0923. The third-order valence-electron chi connectivity index (χ3n) is 2.18. The highest BCUT2D eigenvalue weighted by Gasteiger charge is 2.25. The first-order valence-electron chi connectivity index (χ1n) is 4.81. The molecule has 0 bridgehead atoms. The molecule has 1 rings (SSSR count). The highest BCUT2D eigenvalue weighted by Crippen LogP contribution is 2.22. The van der Waals surface area contributed by atoms with Gasteiger partial charge in [-0.15, -0.1) is 0 Å². The standard InChI is InChI=1S/C11H11Br2Cl2NO/c1-11(5-12,6-13)16-10(17)8-3-2-7(14)4-9(8)15/h2-4H,5-6H2,1H3,(H,16,17). The Hall–Kier alpha value is 0.230. The normalized spacial score (nSPS) is 11.4. The predicted octanol–water partition coefficient (Wildman–Crippen LogP) is 4.27. The van der Waals surface area contributed by atoms with Gasteiger partial charge in [-0.05, 0) is 25.1 Å². The fourth-order valence-corrected chi connectivity index (χ4v) is 2.82. The van der Waals surface area contributed by atoms with E-state index in [0.29, 0.717) is 26.3 Å². The number of hydrogen-bond donors (Lipinski definition) is 1. The maximum atomic E-state index is 12.0. The number of amides is 1. The molecule has 0 spiro atoms. The molecular formula is C11H11Br2Cl2NO. The van der Waals surface area contributed by atoms with Crippen LogP contribution in [-0.2, 0) is 0 Å². The van der Waals surface area contributed by atoms with Gasteiger partial charge in [-0.3, -0.25) is 4.79 Å². The summed E-state index contributed by atoms with van der Waals surface area (Å²) in [6.45, 7) is 1.93. The maximum Gasteiger partial charge on any atom is 0.253 e. The minimum absolute atomic E-state index is 0.215. The van der Waals surface area contributed by atoms with Gasteiger partial charge in [0.05, 0.1) is 16.1 Å². The molecule has 0 unspecified atom stereocenters. The Balaban J connectivity index is 2.90. The molecule has 1 N–H and O–H groups in total. The summed E-state index contributed by atoms with van der Waals surface area (Å²) in [5, 5.41) is 5.05. The van der Waals surface area contributed by atoms with Gasteiger partial charge < -0.3 is 5.32 Å². The molecule has 0 aliphatic carbocycles. The fraction of sp³-hybridized carbons (Fsp3) is 0.364. The van der Waals surface area contributed by atoms with Crippen LogP contribution in [0.5, 0.6) is 0 Å². The van der Waals surface area contributed by atoms with Crippen molar-refractivity contribution in [3.8, 4) is 0 Å². The molecule has 0 saturated carbocycles. The summed E-state index contributed by atoms with van der Waals surface area (Å²) in [5.74, 6) is -0.215. The molecule has 0 aliphatic heterocycles. The first-order valence-corrected chi connectivity index (χ1v) is 7.81. The molecule has 0 aromatic heterocycles. The van der Waals surface area contributed by atoms with Crippen LogP contribution in [0.2, 0.25) is 10.0 Å². The smallest absolute Gasteiger partial charge is 0.253 e. The van der Waals surface area contributed by atoms with E-state index in [4.69, 9.17) is 23.2 Å². The van der Waals surface area contributed by atoms with Crippen LogP contribution in [0, 0.1) is 0 Å². The number of hydrogen-bond acceptors (Lipinski definition) is 1.